The molecule has 0 saturated carbocycles. The van der Waals surface area contributed by atoms with Crippen LogP contribution in [0.3, 0.4) is 0 Å². The zero-order valence-corrected chi connectivity index (χ0v) is 16.5. The SMILES string of the molecule is Cc1nc(N2CCC(NCCCc3ccc(F)cc3)CC2)c2cnn(C)c2n1. The molecule has 1 aliphatic rings. The van der Waals surface area contributed by atoms with Gasteiger partial charge in [0.2, 0.25) is 0 Å². The number of nitrogens with zero attached hydrogens (tertiary/aromatic N) is 5. The van der Waals surface area contributed by atoms with Crippen LogP contribution in [0.2, 0.25) is 0 Å². The third-order valence-corrected chi connectivity index (χ3v) is 5.47. The molecule has 4 rings (SSSR count). The molecule has 0 amide bonds. The maximum atomic E-state index is 13.0. The Bertz CT molecular complexity index is 928. The molecule has 2 aromatic heterocycles. The molecule has 6 nitrogen and oxygen atoms in total. The summed E-state index contributed by atoms with van der Waals surface area (Å²) in [5.41, 5.74) is 2.08. The van der Waals surface area contributed by atoms with E-state index in [1.165, 1.54) is 17.7 Å². The minimum absolute atomic E-state index is 0.170. The van der Waals surface area contributed by atoms with Crippen LogP contribution in [0.4, 0.5) is 10.2 Å². The van der Waals surface area contributed by atoms with Gasteiger partial charge in [0, 0.05) is 26.2 Å². The molecule has 1 N–H and O–H groups in total. The number of halogens is 1. The molecule has 1 saturated heterocycles. The first kappa shape index (κ1) is 18.8. The number of fused-ring (bicyclic) bond motifs is 1. The van der Waals surface area contributed by atoms with Crippen molar-refractivity contribution >= 4 is 16.9 Å². The van der Waals surface area contributed by atoms with Crippen LogP contribution in [0.5, 0.6) is 0 Å². The number of hydrogen-bond donors (Lipinski definition) is 1. The Hall–Kier alpha value is -2.54. The average Bonchev–Trinajstić information content (AvgIpc) is 3.07. The standard InChI is InChI=1S/C21H27FN6/c1-15-25-20-19(14-24-27(20)2)21(26-15)28-12-9-18(10-13-28)23-11-3-4-16-5-7-17(22)8-6-16/h5-8,14,18,23H,3-4,9-13H2,1-2H3. The summed E-state index contributed by atoms with van der Waals surface area (Å²) >= 11 is 0. The molecule has 1 fully saturated rings. The molecule has 1 aliphatic heterocycles. The second-order valence-corrected chi connectivity index (χ2v) is 7.55. The highest BCUT2D eigenvalue weighted by Crippen LogP contribution is 2.26. The molecular formula is C21H27FN6. The molecule has 7 heteroatoms. The van der Waals surface area contributed by atoms with Crippen LogP contribution < -0.4 is 10.2 Å². The topological polar surface area (TPSA) is 58.9 Å². The lowest BCUT2D eigenvalue weighted by Gasteiger charge is -2.33. The van der Waals surface area contributed by atoms with E-state index < -0.39 is 0 Å². The van der Waals surface area contributed by atoms with Gasteiger partial charge in [-0.2, -0.15) is 5.10 Å². The van der Waals surface area contributed by atoms with E-state index in [0.29, 0.717) is 6.04 Å². The predicted molar refractivity (Wildman–Crippen MR) is 109 cm³/mol. The molecular weight excluding hydrogens is 355 g/mol. The first-order valence-corrected chi connectivity index (χ1v) is 9.99. The Kier molecular flexibility index (Phi) is 5.52. The molecule has 0 unspecified atom stereocenters. The quantitative estimate of drug-likeness (QED) is 0.664. The number of anilines is 1. The predicted octanol–water partition coefficient (Wildman–Crippen LogP) is 3.00. The van der Waals surface area contributed by atoms with Gasteiger partial charge in [0.15, 0.2) is 5.65 Å². The van der Waals surface area contributed by atoms with Gasteiger partial charge in [0.05, 0.1) is 11.6 Å². The van der Waals surface area contributed by atoms with Crippen LogP contribution in [-0.2, 0) is 13.5 Å². The molecule has 3 aromatic rings. The fraction of sp³-hybridized carbons (Fsp3) is 0.476. The summed E-state index contributed by atoms with van der Waals surface area (Å²) < 4.78 is 14.8. The van der Waals surface area contributed by atoms with Crippen LogP contribution in [0.15, 0.2) is 30.5 Å². The summed E-state index contributed by atoms with van der Waals surface area (Å²) in [6.07, 6.45) is 6.10. The Balaban J connectivity index is 1.27. The van der Waals surface area contributed by atoms with Gasteiger partial charge < -0.3 is 10.2 Å². The van der Waals surface area contributed by atoms with Gasteiger partial charge in [0.1, 0.15) is 17.5 Å². The van der Waals surface area contributed by atoms with Gasteiger partial charge in [-0.1, -0.05) is 12.1 Å². The highest BCUT2D eigenvalue weighted by Gasteiger charge is 2.22. The molecule has 1 aromatic carbocycles. The number of piperidine rings is 1. The molecule has 0 bridgehead atoms. The van der Waals surface area contributed by atoms with E-state index in [1.807, 2.05) is 37.0 Å². The number of aromatic nitrogens is 4. The fourth-order valence-electron chi connectivity index (χ4n) is 3.90. The molecule has 0 atom stereocenters. The fourth-order valence-corrected chi connectivity index (χ4v) is 3.90. The Morgan fingerprint density at radius 3 is 2.64 bits per heavy atom. The number of benzene rings is 1. The minimum atomic E-state index is -0.170. The number of hydrogen-bond acceptors (Lipinski definition) is 5. The maximum absolute atomic E-state index is 13.0. The lowest BCUT2D eigenvalue weighted by molar-refractivity contribution is 0.412. The van der Waals surface area contributed by atoms with Crippen molar-refractivity contribution in [3.63, 3.8) is 0 Å². The van der Waals surface area contributed by atoms with Gasteiger partial charge in [-0.25, -0.2) is 14.4 Å². The van der Waals surface area contributed by atoms with Crippen molar-refractivity contribution in [2.45, 2.75) is 38.6 Å². The summed E-state index contributed by atoms with van der Waals surface area (Å²) in [4.78, 5) is 11.6. The molecule has 0 spiro atoms. The molecule has 0 aliphatic carbocycles. The monoisotopic (exact) mass is 382 g/mol. The zero-order chi connectivity index (χ0) is 19.5. The summed E-state index contributed by atoms with van der Waals surface area (Å²) in [5, 5.41) is 9.05. The lowest BCUT2D eigenvalue weighted by atomic mass is 10.0. The second kappa shape index (κ2) is 8.22. The highest BCUT2D eigenvalue weighted by molar-refractivity contribution is 5.87. The van der Waals surface area contributed by atoms with Crippen molar-refractivity contribution in [1.82, 2.24) is 25.1 Å². The van der Waals surface area contributed by atoms with Crippen LogP contribution in [-0.4, -0.2) is 45.4 Å². The minimum Gasteiger partial charge on any atom is -0.356 e. The molecule has 0 radical (unpaired) electrons. The molecule has 28 heavy (non-hydrogen) atoms. The van der Waals surface area contributed by atoms with Crippen LogP contribution in [0.25, 0.3) is 11.0 Å². The lowest BCUT2D eigenvalue weighted by Crippen LogP contribution is -2.43. The van der Waals surface area contributed by atoms with E-state index in [0.717, 1.165) is 68.0 Å². The van der Waals surface area contributed by atoms with E-state index in [-0.39, 0.29) is 5.82 Å². The van der Waals surface area contributed by atoms with Gasteiger partial charge in [0.25, 0.3) is 0 Å². The van der Waals surface area contributed by atoms with E-state index in [4.69, 9.17) is 4.98 Å². The van der Waals surface area contributed by atoms with Crippen LogP contribution in [0, 0.1) is 12.7 Å². The Morgan fingerprint density at radius 2 is 1.89 bits per heavy atom. The van der Waals surface area contributed by atoms with Crippen LogP contribution >= 0.6 is 0 Å². The number of aryl methyl sites for hydroxylation is 3. The van der Waals surface area contributed by atoms with E-state index in [2.05, 4.69) is 20.3 Å². The van der Waals surface area contributed by atoms with Crippen LogP contribution in [0.1, 0.15) is 30.7 Å². The first-order chi connectivity index (χ1) is 13.6. The smallest absolute Gasteiger partial charge is 0.163 e. The Morgan fingerprint density at radius 1 is 1.14 bits per heavy atom. The zero-order valence-electron chi connectivity index (χ0n) is 16.5. The summed E-state index contributed by atoms with van der Waals surface area (Å²) in [7, 11) is 1.92. The number of rotatable bonds is 6. The van der Waals surface area contributed by atoms with Crippen molar-refractivity contribution in [3.05, 3.63) is 47.7 Å². The molecule has 3 heterocycles. The van der Waals surface area contributed by atoms with E-state index in [1.54, 1.807) is 0 Å². The van der Waals surface area contributed by atoms with Crippen molar-refractivity contribution < 1.29 is 4.39 Å². The van der Waals surface area contributed by atoms with Gasteiger partial charge in [-0.3, -0.25) is 4.68 Å². The van der Waals surface area contributed by atoms with Crippen molar-refractivity contribution in [1.29, 1.82) is 0 Å². The van der Waals surface area contributed by atoms with Crippen molar-refractivity contribution in [2.24, 2.45) is 7.05 Å². The van der Waals surface area contributed by atoms with E-state index in [9.17, 15) is 4.39 Å². The van der Waals surface area contributed by atoms with E-state index >= 15 is 0 Å². The molecule has 148 valence electrons. The number of nitrogens with one attached hydrogen (secondary N) is 1. The second-order valence-electron chi connectivity index (χ2n) is 7.55. The highest BCUT2D eigenvalue weighted by atomic mass is 19.1. The average molecular weight is 382 g/mol. The summed E-state index contributed by atoms with van der Waals surface area (Å²) in [6.45, 7) is 4.89. The largest absolute Gasteiger partial charge is 0.356 e. The van der Waals surface area contributed by atoms with Crippen molar-refractivity contribution in [2.75, 3.05) is 24.5 Å². The summed E-state index contributed by atoms with van der Waals surface area (Å²) in [6, 6.07) is 7.35. The van der Waals surface area contributed by atoms with Gasteiger partial charge in [-0.05, 0) is 56.8 Å². The third kappa shape index (κ3) is 4.14. The van der Waals surface area contributed by atoms with Gasteiger partial charge in [-0.15, -0.1) is 0 Å². The van der Waals surface area contributed by atoms with Gasteiger partial charge >= 0.3 is 0 Å². The Labute approximate surface area is 164 Å². The maximum Gasteiger partial charge on any atom is 0.163 e. The first-order valence-electron chi connectivity index (χ1n) is 9.99. The summed E-state index contributed by atoms with van der Waals surface area (Å²) in [5.74, 6) is 1.62. The van der Waals surface area contributed by atoms with Crippen molar-refractivity contribution in [3.8, 4) is 0 Å². The third-order valence-electron chi connectivity index (χ3n) is 5.47. The normalized spacial score (nSPS) is 15.5.